The molecule has 0 saturated carbocycles. The molecule has 0 amide bonds. The Morgan fingerprint density at radius 2 is 2.18 bits per heavy atom. The van der Waals surface area contributed by atoms with Crippen LogP contribution in [0.3, 0.4) is 0 Å². The number of hydrogen-bond donors (Lipinski definition) is 1. The van der Waals surface area contributed by atoms with Gasteiger partial charge in [0.05, 0.1) is 6.54 Å². The molecule has 0 atom stereocenters. The van der Waals surface area contributed by atoms with Crippen molar-refractivity contribution >= 4 is 0 Å². The standard InChI is InChI=1S/C4H8N4O.C2H6/c9-3-1-2-8-6-4-5-7-8;1-2/h4,9H,1-3H2;1-2H3. The second kappa shape index (κ2) is 7.14. The molecule has 0 saturated heterocycles. The molecule has 0 aliphatic rings. The van der Waals surface area contributed by atoms with Crippen LogP contribution in [-0.2, 0) is 6.54 Å². The van der Waals surface area contributed by atoms with E-state index in [0.29, 0.717) is 13.0 Å². The normalized spacial score (nSPS) is 8.64. The number of aliphatic hydroxyl groups excluding tert-OH is 1. The average molecular weight is 158 g/mol. The third kappa shape index (κ3) is 4.44. The lowest BCUT2D eigenvalue weighted by Gasteiger charge is -1.91. The van der Waals surface area contributed by atoms with E-state index >= 15 is 0 Å². The van der Waals surface area contributed by atoms with Crippen LogP contribution in [0.25, 0.3) is 0 Å². The number of aromatic nitrogens is 4. The van der Waals surface area contributed by atoms with Gasteiger partial charge in [0.25, 0.3) is 0 Å². The largest absolute Gasteiger partial charge is 0.396 e. The summed E-state index contributed by atoms with van der Waals surface area (Å²) in [6.45, 7) is 4.80. The minimum Gasteiger partial charge on any atom is -0.396 e. The highest BCUT2D eigenvalue weighted by atomic mass is 16.3. The molecule has 0 unspecified atom stereocenters. The summed E-state index contributed by atoms with van der Waals surface area (Å²) >= 11 is 0. The number of tetrazole rings is 1. The van der Waals surface area contributed by atoms with Gasteiger partial charge < -0.3 is 5.11 Å². The zero-order chi connectivity index (χ0) is 8.53. The molecule has 1 heterocycles. The molecule has 0 aliphatic carbocycles. The Morgan fingerprint density at radius 1 is 1.45 bits per heavy atom. The van der Waals surface area contributed by atoms with Crippen LogP contribution in [0.2, 0.25) is 0 Å². The molecule has 11 heavy (non-hydrogen) atoms. The van der Waals surface area contributed by atoms with E-state index in [1.807, 2.05) is 13.8 Å². The van der Waals surface area contributed by atoms with Crippen LogP contribution >= 0.6 is 0 Å². The fourth-order valence-corrected chi connectivity index (χ4v) is 0.503. The molecule has 1 rings (SSSR count). The topological polar surface area (TPSA) is 63.8 Å². The Bertz CT molecular complexity index is 152. The number of aryl methyl sites for hydroxylation is 1. The first-order chi connectivity index (χ1) is 5.43. The molecular formula is C6H14N4O. The van der Waals surface area contributed by atoms with Crippen LogP contribution in [0.5, 0.6) is 0 Å². The van der Waals surface area contributed by atoms with Crippen LogP contribution in [0.1, 0.15) is 20.3 Å². The first kappa shape index (κ1) is 10.0. The third-order valence-corrected chi connectivity index (χ3v) is 0.908. The Balaban J connectivity index is 0.000000461. The van der Waals surface area contributed by atoms with Crippen molar-refractivity contribution in [2.24, 2.45) is 0 Å². The lowest BCUT2D eigenvalue weighted by Crippen LogP contribution is -2.03. The molecule has 64 valence electrons. The Kier molecular flexibility index (Phi) is 6.51. The van der Waals surface area contributed by atoms with Gasteiger partial charge in [-0.2, -0.15) is 4.80 Å². The molecule has 0 aromatic carbocycles. The van der Waals surface area contributed by atoms with Crippen molar-refractivity contribution in [2.75, 3.05) is 6.61 Å². The third-order valence-electron chi connectivity index (χ3n) is 0.908. The first-order valence-electron chi connectivity index (χ1n) is 3.75. The maximum absolute atomic E-state index is 8.38. The van der Waals surface area contributed by atoms with Gasteiger partial charge in [-0.05, 0) is 11.6 Å². The molecule has 0 spiro atoms. The molecule has 1 aromatic rings. The van der Waals surface area contributed by atoms with Gasteiger partial charge in [-0.25, -0.2) is 0 Å². The SMILES string of the molecule is CC.OCCCn1ncnn1. The maximum atomic E-state index is 8.38. The summed E-state index contributed by atoms with van der Waals surface area (Å²) in [5, 5.41) is 19.2. The summed E-state index contributed by atoms with van der Waals surface area (Å²) in [6.07, 6.45) is 2.05. The smallest absolute Gasteiger partial charge is 0.162 e. The summed E-state index contributed by atoms with van der Waals surface area (Å²) in [7, 11) is 0. The van der Waals surface area contributed by atoms with E-state index < -0.39 is 0 Å². The fraction of sp³-hybridized carbons (Fsp3) is 0.833. The predicted molar refractivity (Wildman–Crippen MR) is 40.9 cm³/mol. The van der Waals surface area contributed by atoms with E-state index in [1.54, 1.807) is 0 Å². The van der Waals surface area contributed by atoms with Gasteiger partial charge in [0, 0.05) is 6.61 Å². The molecule has 1 aromatic heterocycles. The summed E-state index contributed by atoms with van der Waals surface area (Å²) in [6, 6.07) is 0. The summed E-state index contributed by atoms with van der Waals surface area (Å²) < 4.78 is 0. The Morgan fingerprint density at radius 3 is 2.64 bits per heavy atom. The van der Waals surface area contributed by atoms with Crippen molar-refractivity contribution in [2.45, 2.75) is 26.8 Å². The van der Waals surface area contributed by atoms with E-state index in [2.05, 4.69) is 15.4 Å². The van der Waals surface area contributed by atoms with Crippen LogP contribution in [0.15, 0.2) is 6.33 Å². The second-order valence-electron chi connectivity index (χ2n) is 1.61. The van der Waals surface area contributed by atoms with Crippen molar-refractivity contribution < 1.29 is 5.11 Å². The molecule has 0 aliphatic heterocycles. The number of hydrogen-bond acceptors (Lipinski definition) is 4. The van der Waals surface area contributed by atoms with E-state index in [9.17, 15) is 0 Å². The van der Waals surface area contributed by atoms with Crippen molar-refractivity contribution in [1.29, 1.82) is 0 Å². The highest BCUT2D eigenvalue weighted by Gasteiger charge is 1.88. The second-order valence-corrected chi connectivity index (χ2v) is 1.61. The van der Waals surface area contributed by atoms with E-state index in [-0.39, 0.29) is 6.61 Å². The predicted octanol–water partition coefficient (Wildman–Crippen LogP) is 0.0817. The zero-order valence-electron chi connectivity index (χ0n) is 6.93. The van der Waals surface area contributed by atoms with E-state index in [4.69, 9.17) is 5.11 Å². The summed E-state index contributed by atoms with van der Waals surface area (Å²) in [4.78, 5) is 1.44. The summed E-state index contributed by atoms with van der Waals surface area (Å²) in [5.74, 6) is 0. The molecule has 0 fully saturated rings. The molecule has 0 radical (unpaired) electrons. The lowest BCUT2D eigenvalue weighted by molar-refractivity contribution is 0.272. The first-order valence-corrected chi connectivity index (χ1v) is 3.75. The lowest BCUT2D eigenvalue weighted by atomic mass is 10.5. The van der Waals surface area contributed by atoms with Crippen molar-refractivity contribution in [3.63, 3.8) is 0 Å². The maximum Gasteiger partial charge on any atom is 0.162 e. The highest BCUT2D eigenvalue weighted by Crippen LogP contribution is 1.80. The minimum absolute atomic E-state index is 0.168. The van der Waals surface area contributed by atoms with Gasteiger partial charge in [0.1, 0.15) is 0 Å². The van der Waals surface area contributed by atoms with Crippen molar-refractivity contribution in [1.82, 2.24) is 20.2 Å². The number of rotatable bonds is 3. The minimum atomic E-state index is 0.168. The van der Waals surface area contributed by atoms with E-state index in [1.165, 1.54) is 11.1 Å². The van der Waals surface area contributed by atoms with Gasteiger partial charge in [-0.15, -0.1) is 10.2 Å². The number of nitrogens with zero attached hydrogens (tertiary/aromatic N) is 4. The van der Waals surface area contributed by atoms with E-state index in [0.717, 1.165) is 0 Å². The van der Waals surface area contributed by atoms with Gasteiger partial charge in [0.15, 0.2) is 6.33 Å². The van der Waals surface area contributed by atoms with Crippen molar-refractivity contribution in [3.8, 4) is 0 Å². The summed E-state index contributed by atoms with van der Waals surface area (Å²) in [5.41, 5.74) is 0. The van der Waals surface area contributed by atoms with Crippen LogP contribution in [0.4, 0.5) is 0 Å². The van der Waals surface area contributed by atoms with Crippen LogP contribution in [0, 0.1) is 0 Å². The molecule has 5 nitrogen and oxygen atoms in total. The van der Waals surface area contributed by atoms with Crippen LogP contribution in [-0.4, -0.2) is 31.9 Å². The zero-order valence-corrected chi connectivity index (χ0v) is 6.93. The molecule has 1 N–H and O–H groups in total. The quantitative estimate of drug-likeness (QED) is 0.676. The Labute approximate surface area is 66.0 Å². The fourth-order valence-electron chi connectivity index (χ4n) is 0.503. The van der Waals surface area contributed by atoms with Crippen LogP contribution < -0.4 is 0 Å². The van der Waals surface area contributed by atoms with Gasteiger partial charge in [0.2, 0.25) is 0 Å². The Hall–Kier alpha value is -0.970. The molecule has 5 heteroatoms. The van der Waals surface area contributed by atoms with Gasteiger partial charge in [-0.3, -0.25) is 0 Å². The molecular weight excluding hydrogens is 144 g/mol. The van der Waals surface area contributed by atoms with Gasteiger partial charge >= 0.3 is 0 Å². The molecule has 0 bridgehead atoms. The highest BCUT2D eigenvalue weighted by molar-refractivity contribution is 4.38. The number of aliphatic hydroxyl groups is 1. The van der Waals surface area contributed by atoms with Gasteiger partial charge in [-0.1, -0.05) is 13.8 Å². The monoisotopic (exact) mass is 158 g/mol. The van der Waals surface area contributed by atoms with Crippen molar-refractivity contribution in [3.05, 3.63) is 6.33 Å². The average Bonchev–Trinajstić information content (AvgIpc) is 2.57.